The van der Waals surface area contributed by atoms with Crippen LogP contribution in [-0.4, -0.2) is 46.3 Å². The van der Waals surface area contributed by atoms with E-state index in [1.807, 2.05) is 42.6 Å². The first-order valence-electron chi connectivity index (χ1n) is 10.5. The maximum absolute atomic E-state index is 13.3. The van der Waals surface area contributed by atoms with Gasteiger partial charge in [-0.1, -0.05) is 42.3 Å². The van der Waals surface area contributed by atoms with Crippen LogP contribution < -0.4 is 5.32 Å². The molecule has 1 atom stereocenters. The lowest BCUT2D eigenvalue weighted by molar-refractivity contribution is -0.130. The number of terminal acetylenes is 1. The van der Waals surface area contributed by atoms with Crippen molar-refractivity contribution in [1.82, 2.24) is 20.2 Å². The number of carbonyl (C=O) groups is 2. The number of amides is 2. The number of likely N-dealkylation sites (tertiary alicyclic amines) is 1. The molecule has 32 heavy (non-hydrogen) atoms. The monoisotopic (exact) mass is 424 g/mol. The molecule has 1 aromatic carbocycles. The van der Waals surface area contributed by atoms with Crippen molar-refractivity contribution in [3.8, 4) is 23.5 Å². The van der Waals surface area contributed by atoms with Crippen molar-refractivity contribution in [2.45, 2.75) is 12.8 Å². The summed E-state index contributed by atoms with van der Waals surface area (Å²) in [4.78, 5) is 36.4. The summed E-state index contributed by atoms with van der Waals surface area (Å²) >= 11 is 0. The van der Waals surface area contributed by atoms with Gasteiger partial charge in [-0.3, -0.25) is 19.6 Å². The lowest BCUT2D eigenvalue weighted by Crippen LogP contribution is -2.45. The van der Waals surface area contributed by atoms with Crippen LogP contribution in [0.3, 0.4) is 0 Å². The van der Waals surface area contributed by atoms with Gasteiger partial charge >= 0.3 is 0 Å². The van der Waals surface area contributed by atoms with Crippen molar-refractivity contribution in [1.29, 1.82) is 0 Å². The predicted molar refractivity (Wildman–Crippen MR) is 122 cm³/mol. The Morgan fingerprint density at radius 2 is 1.94 bits per heavy atom. The van der Waals surface area contributed by atoms with Gasteiger partial charge in [-0.15, -0.1) is 6.42 Å². The van der Waals surface area contributed by atoms with Crippen LogP contribution in [0.1, 0.15) is 22.5 Å². The van der Waals surface area contributed by atoms with Gasteiger partial charge in [0.15, 0.2) is 0 Å². The van der Waals surface area contributed by atoms with Crippen molar-refractivity contribution in [3.63, 3.8) is 0 Å². The first-order valence-corrected chi connectivity index (χ1v) is 10.5. The summed E-state index contributed by atoms with van der Waals surface area (Å²) < 4.78 is 0. The quantitative estimate of drug-likeness (QED) is 0.618. The summed E-state index contributed by atoms with van der Waals surface area (Å²) in [6.07, 6.45) is 11.6. The summed E-state index contributed by atoms with van der Waals surface area (Å²) in [5, 5.41) is 2.85. The van der Waals surface area contributed by atoms with Gasteiger partial charge in [0.25, 0.3) is 5.91 Å². The van der Waals surface area contributed by atoms with Crippen molar-refractivity contribution in [2.75, 3.05) is 19.6 Å². The molecule has 4 rings (SSSR count). The molecule has 6 nitrogen and oxygen atoms in total. The molecular formula is C26H24N4O2. The van der Waals surface area contributed by atoms with Crippen molar-refractivity contribution in [2.24, 2.45) is 5.41 Å². The highest BCUT2D eigenvalue weighted by Crippen LogP contribution is 2.38. The smallest absolute Gasteiger partial charge is 0.272 e. The van der Waals surface area contributed by atoms with Gasteiger partial charge in [0.05, 0.1) is 12.0 Å². The fraction of sp³-hybridized carbons (Fsp3) is 0.231. The molecule has 2 aromatic heterocycles. The Morgan fingerprint density at radius 1 is 1.09 bits per heavy atom. The zero-order valence-corrected chi connectivity index (χ0v) is 17.7. The average Bonchev–Trinajstić information content (AvgIpc) is 3.28. The van der Waals surface area contributed by atoms with Gasteiger partial charge in [-0.25, -0.2) is 0 Å². The summed E-state index contributed by atoms with van der Waals surface area (Å²) in [5.74, 6) is 2.17. The van der Waals surface area contributed by atoms with Crippen LogP contribution in [0.25, 0.3) is 11.1 Å². The SMILES string of the molecule is C#CCNC(=O)[C@@]1(Cc2ccccc2-c2cccnc2)CCN(C(=O)c2ccccn2)C1. The summed E-state index contributed by atoms with van der Waals surface area (Å²) in [7, 11) is 0. The number of hydrogen-bond acceptors (Lipinski definition) is 4. The number of aromatic nitrogens is 2. The molecule has 1 aliphatic rings. The Hall–Kier alpha value is -3.98. The van der Waals surface area contributed by atoms with Crippen LogP contribution in [0.5, 0.6) is 0 Å². The van der Waals surface area contributed by atoms with E-state index in [0.717, 1.165) is 16.7 Å². The normalized spacial score (nSPS) is 17.5. The summed E-state index contributed by atoms with van der Waals surface area (Å²) in [6.45, 7) is 0.938. The van der Waals surface area contributed by atoms with Crippen LogP contribution in [-0.2, 0) is 11.2 Å². The summed E-state index contributed by atoms with van der Waals surface area (Å²) in [5.41, 5.74) is 2.65. The van der Waals surface area contributed by atoms with Crippen LogP contribution >= 0.6 is 0 Å². The minimum Gasteiger partial charge on any atom is -0.345 e. The molecule has 0 radical (unpaired) electrons. The van der Waals surface area contributed by atoms with Gasteiger partial charge in [0.2, 0.25) is 5.91 Å². The molecule has 3 aromatic rings. The van der Waals surface area contributed by atoms with E-state index in [2.05, 4.69) is 21.2 Å². The number of carbonyl (C=O) groups excluding carboxylic acids is 2. The fourth-order valence-electron chi connectivity index (χ4n) is 4.27. The molecule has 1 saturated heterocycles. The van der Waals surface area contributed by atoms with Gasteiger partial charge in [0, 0.05) is 37.2 Å². The molecule has 3 heterocycles. The van der Waals surface area contributed by atoms with E-state index >= 15 is 0 Å². The average molecular weight is 425 g/mol. The third-order valence-electron chi connectivity index (χ3n) is 5.88. The van der Waals surface area contributed by atoms with Gasteiger partial charge in [-0.2, -0.15) is 0 Å². The summed E-state index contributed by atoms with van der Waals surface area (Å²) in [6, 6.07) is 17.1. The molecular weight excluding hydrogens is 400 g/mol. The lowest BCUT2D eigenvalue weighted by atomic mass is 9.78. The highest BCUT2D eigenvalue weighted by atomic mass is 16.2. The van der Waals surface area contributed by atoms with E-state index < -0.39 is 5.41 Å². The number of pyridine rings is 2. The van der Waals surface area contributed by atoms with Crippen LogP contribution in [0, 0.1) is 17.8 Å². The van der Waals surface area contributed by atoms with Gasteiger partial charge in [0.1, 0.15) is 5.69 Å². The van der Waals surface area contributed by atoms with E-state index in [-0.39, 0.29) is 18.4 Å². The minimum absolute atomic E-state index is 0.132. The lowest BCUT2D eigenvalue weighted by Gasteiger charge is -2.29. The second-order valence-corrected chi connectivity index (χ2v) is 7.93. The van der Waals surface area contributed by atoms with Crippen molar-refractivity contribution >= 4 is 11.8 Å². The van der Waals surface area contributed by atoms with Crippen molar-refractivity contribution < 1.29 is 9.59 Å². The van der Waals surface area contributed by atoms with Gasteiger partial charge < -0.3 is 10.2 Å². The fourth-order valence-corrected chi connectivity index (χ4v) is 4.27. The topological polar surface area (TPSA) is 75.2 Å². The molecule has 0 bridgehead atoms. The minimum atomic E-state index is -0.778. The van der Waals surface area contributed by atoms with Crippen LogP contribution in [0.4, 0.5) is 0 Å². The first kappa shape index (κ1) is 21.3. The van der Waals surface area contributed by atoms with Crippen LogP contribution in [0.15, 0.2) is 73.2 Å². The van der Waals surface area contributed by atoms with Crippen LogP contribution in [0.2, 0.25) is 0 Å². The maximum atomic E-state index is 13.3. The molecule has 6 heteroatoms. The third-order valence-corrected chi connectivity index (χ3v) is 5.88. The van der Waals surface area contributed by atoms with E-state index in [1.165, 1.54) is 0 Å². The Bertz CT molecular complexity index is 1140. The number of benzene rings is 1. The van der Waals surface area contributed by atoms with E-state index in [0.29, 0.717) is 31.6 Å². The number of rotatable bonds is 6. The number of nitrogens with zero attached hydrogens (tertiary/aromatic N) is 3. The zero-order valence-electron chi connectivity index (χ0n) is 17.7. The van der Waals surface area contributed by atoms with E-state index in [1.54, 1.807) is 35.5 Å². The molecule has 1 aliphatic heterocycles. The number of nitrogens with one attached hydrogen (secondary N) is 1. The van der Waals surface area contributed by atoms with Gasteiger partial charge in [-0.05, 0) is 42.2 Å². The van der Waals surface area contributed by atoms with E-state index in [9.17, 15) is 9.59 Å². The molecule has 1 fully saturated rings. The zero-order chi connectivity index (χ0) is 22.4. The highest BCUT2D eigenvalue weighted by Gasteiger charge is 2.46. The molecule has 2 amide bonds. The van der Waals surface area contributed by atoms with E-state index in [4.69, 9.17) is 6.42 Å². The molecule has 1 N–H and O–H groups in total. The van der Waals surface area contributed by atoms with Crippen molar-refractivity contribution in [3.05, 3.63) is 84.4 Å². The Morgan fingerprint density at radius 3 is 2.69 bits per heavy atom. The Kier molecular flexibility index (Phi) is 6.27. The molecule has 0 spiro atoms. The Balaban J connectivity index is 1.65. The second kappa shape index (κ2) is 9.44. The molecule has 0 aliphatic carbocycles. The Labute approximate surface area is 187 Å². The first-order chi connectivity index (χ1) is 15.6. The second-order valence-electron chi connectivity index (χ2n) is 7.93. The molecule has 0 unspecified atom stereocenters. The molecule has 0 saturated carbocycles. The third kappa shape index (κ3) is 4.37. The predicted octanol–water partition coefficient (Wildman–Crippen LogP) is 2.97. The molecule has 160 valence electrons. The standard InChI is InChI=1S/C26H24N4O2/c1-2-13-29-25(32)26(12-16-30(19-26)24(31)23-11-5-6-15-28-23)17-20-8-3-4-10-22(20)21-9-7-14-27-18-21/h1,3-11,14-15,18H,12-13,16-17,19H2,(H,29,32)/t26-/m1/s1. The maximum Gasteiger partial charge on any atom is 0.272 e. The number of hydrogen-bond donors (Lipinski definition) is 1. The highest BCUT2D eigenvalue weighted by molar-refractivity contribution is 5.94. The largest absolute Gasteiger partial charge is 0.345 e.